The molecular weight excluding hydrogens is 238 g/mol. The molecule has 0 aliphatic heterocycles. The average molecular weight is 265 g/mol. The van der Waals surface area contributed by atoms with E-state index >= 15 is 0 Å². The summed E-state index contributed by atoms with van der Waals surface area (Å²) in [5.74, 6) is 0.536. The molecule has 19 heavy (non-hydrogen) atoms. The molecule has 2 N–H and O–H groups in total. The number of amides is 1. The average Bonchev–Trinajstić information content (AvgIpc) is 2.76. The summed E-state index contributed by atoms with van der Waals surface area (Å²) in [4.78, 5) is 12.0. The molecule has 1 heterocycles. The van der Waals surface area contributed by atoms with Crippen LogP contribution in [-0.4, -0.2) is 23.1 Å². The van der Waals surface area contributed by atoms with E-state index in [-0.39, 0.29) is 11.9 Å². The van der Waals surface area contributed by atoms with E-state index in [9.17, 15) is 4.79 Å². The number of nitrogens with one attached hydrogen (secondary N) is 2. The van der Waals surface area contributed by atoms with Crippen LogP contribution in [0.2, 0.25) is 0 Å². The molecule has 0 fully saturated rings. The van der Waals surface area contributed by atoms with Crippen molar-refractivity contribution in [1.29, 1.82) is 0 Å². The fourth-order valence-corrected chi connectivity index (χ4v) is 1.78. The molecular formula is C15H27N3O. The standard InChI is InChI=1S/C15H27N3O/c1-5-8-16-10-14-7-6-9-18(14)11-15(19)17-13(4)12(2)3/h6-7,9,12-13,16H,5,8,10-11H2,1-4H3,(H,17,19). The van der Waals surface area contributed by atoms with E-state index in [1.165, 1.54) is 0 Å². The van der Waals surface area contributed by atoms with Crippen LogP contribution in [-0.2, 0) is 17.9 Å². The number of rotatable bonds is 8. The molecule has 0 aromatic carbocycles. The summed E-state index contributed by atoms with van der Waals surface area (Å²) >= 11 is 0. The minimum absolute atomic E-state index is 0.0779. The zero-order chi connectivity index (χ0) is 14.3. The van der Waals surface area contributed by atoms with Crippen LogP contribution in [0.25, 0.3) is 0 Å². The van der Waals surface area contributed by atoms with Crippen molar-refractivity contribution in [2.45, 2.75) is 53.2 Å². The normalized spacial score (nSPS) is 12.7. The third-order valence-electron chi connectivity index (χ3n) is 3.36. The second-order valence-corrected chi connectivity index (χ2v) is 5.40. The summed E-state index contributed by atoms with van der Waals surface area (Å²) < 4.78 is 2.00. The Balaban J connectivity index is 2.48. The number of hydrogen-bond acceptors (Lipinski definition) is 2. The van der Waals surface area contributed by atoms with Gasteiger partial charge in [0, 0.05) is 24.5 Å². The van der Waals surface area contributed by atoms with Gasteiger partial charge in [0.15, 0.2) is 0 Å². The molecule has 1 atom stereocenters. The van der Waals surface area contributed by atoms with E-state index < -0.39 is 0 Å². The molecule has 1 aromatic heterocycles. The number of carbonyl (C=O) groups is 1. The highest BCUT2D eigenvalue weighted by Gasteiger charge is 2.12. The maximum atomic E-state index is 12.0. The molecule has 0 radical (unpaired) electrons. The molecule has 108 valence electrons. The first kappa shape index (κ1) is 15.8. The van der Waals surface area contributed by atoms with Crippen molar-refractivity contribution in [3.63, 3.8) is 0 Å². The Hall–Kier alpha value is -1.29. The first-order chi connectivity index (χ1) is 9.04. The Kier molecular flexibility index (Phi) is 6.64. The van der Waals surface area contributed by atoms with Gasteiger partial charge in [-0.2, -0.15) is 0 Å². The van der Waals surface area contributed by atoms with Crippen LogP contribution in [0.4, 0.5) is 0 Å². The summed E-state index contributed by atoms with van der Waals surface area (Å²) in [6.07, 6.45) is 3.08. The van der Waals surface area contributed by atoms with Gasteiger partial charge in [-0.15, -0.1) is 0 Å². The lowest BCUT2D eigenvalue weighted by Gasteiger charge is -2.18. The third-order valence-corrected chi connectivity index (χ3v) is 3.36. The van der Waals surface area contributed by atoms with Gasteiger partial charge in [-0.1, -0.05) is 20.8 Å². The predicted molar refractivity (Wildman–Crippen MR) is 78.9 cm³/mol. The molecule has 1 amide bonds. The third kappa shape index (κ3) is 5.47. The highest BCUT2D eigenvalue weighted by atomic mass is 16.2. The van der Waals surface area contributed by atoms with Crippen LogP contribution in [0, 0.1) is 5.92 Å². The Morgan fingerprint density at radius 3 is 2.74 bits per heavy atom. The van der Waals surface area contributed by atoms with E-state index in [0.717, 1.165) is 25.2 Å². The largest absolute Gasteiger partial charge is 0.352 e. The van der Waals surface area contributed by atoms with Gasteiger partial charge in [0.1, 0.15) is 6.54 Å². The van der Waals surface area contributed by atoms with E-state index in [4.69, 9.17) is 0 Å². The number of aromatic nitrogens is 1. The molecule has 0 aliphatic carbocycles. The van der Waals surface area contributed by atoms with Gasteiger partial charge in [0.2, 0.25) is 5.91 Å². The molecule has 1 unspecified atom stereocenters. The zero-order valence-corrected chi connectivity index (χ0v) is 12.6. The van der Waals surface area contributed by atoms with Crippen molar-refractivity contribution >= 4 is 5.91 Å². The van der Waals surface area contributed by atoms with Crippen molar-refractivity contribution in [3.05, 3.63) is 24.0 Å². The minimum Gasteiger partial charge on any atom is -0.352 e. The van der Waals surface area contributed by atoms with E-state index in [2.05, 4.69) is 37.5 Å². The van der Waals surface area contributed by atoms with Crippen LogP contribution in [0.5, 0.6) is 0 Å². The van der Waals surface area contributed by atoms with Crippen LogP contribution in [0.1, 0.15) is 39.8 Å². The van der Waals surface area contributed by atoms with Gasteiger partial charge in [0.05, 0.1) is 0 Å². The van der Waals surface area contributed by atoms with Gasteiger partial charge in [0.25, 0.3) is 0 Å². The molecule has 0 aliphatic rings. The number of hydrogen-bond donors (Lipinski definition) is 2. The maximum Gasteiger partial charge on any atom is 0.240 e. The maximum absolute atomic E-state index is 12.0. The molecule has 0 bridgehead atoms. The lowest BCUT2D eigenvalue weighted by molar-refractivity contribution is -0.122. The summed E-state index contributed by atoms with van der Waals surface area (Å²) in [5.41, 5.74) is 1.15. The molecule has 0 saturated heterocycles. The molecule has 4 heteroatoms. The van der Waals surface area contributed by atoms with E-state index in [1.807, 2.05) is 23.8 Å². The Morgan fingerprint density at radius 2 is 2.11 bits per heavy atom. The van der Waals surface area contributed by atoms with Gasteiger partial charge < -0.3 is 15.2 Å². The second kappa shape index (κ2) is 8.00. The molecule has 1 rings (SSSR count). The minimum atomic E-state index is 0.0779. The second-order valence-electron chi connectivity index (χ2n) is 5.40. The van der Waals surface area contributed by atoms with Crippen LogP contribution in [0.3, 0.4) is 0 Å². The monoisotopic (exact) mass is 265 g/mol. The van der Waals surface area contributed by atoms with Gasteiger partial charge in [-0.25, -0.2) is 0 Å². The van der Waals surface area contributed by atoms with Crippen LogP contribution >= 0.6 is 0 Å². The molecule has 0 spiro atoms. The van der Waals surface area contributed by atoms with E-state index in [1.54, 1.807) is 0 Å². The summed E-state index contributed by atoms with van der Waals surface area (Å²) in [6.45, 7) is 10.6. The topological polar surface area (TPSA) is 46.1 Å². The van der Waals surface area contributed by atoms with Crippen LogP contribution < -0.4 is 10.6 Å². The zero-order valence-electron chi connectivity index (χ0n) is 12.6. The Labute approximate surface area is 116 Å². The highest BCUT2D eigenvalue weighted by Crippen LogP contribution is 2.04. The quantitative estimate of drug-likeness (QED) is 0.707. The SMILES string of the molecule is CCCNCc1cccn1CC(=O)NC(C)C(C)C. The summed E-state index contributed by atoms with van der Waals surface area (Å²) in [5, 5.41) is 6.39. The molecule has 4 nitrogen and oxygen atoms in total. The van der Waals surface area contributed by atoms with Crippen LogP contribution in [0.15, 0.2) is 18.3 Å². The molecule has 1 aromatic rings. The van der Waals surface area contributed by atoms with Gasteiger partial charge >= 0.3 is 0 Å². The Bertz CT molecular complexity index is 384. The van der Waals surface area contributed by atoms with Crippen molar-refractivity contribution in [2.75, 3.05) is 6.54 Å². The van der Waals surface area contributed by atoms with Crippen molar-refractivity contribution in [3.8, 4) is 0 Å². The number of carbonyl (C=O) groups excluding carboxylic acids is 1. The lowest BCUT2D eigenvalue weighted by Crippen LogP contribution is -2.38. The number of nitrogens with zero attached hydrogens (tertiary/aromatic N) is 1. The summed E-state index contributed by atoms with van der Waals surface area (Å²) in [7, 11) is 0. The van der Waals surface area contributed by atoms with Crippen molar-refractivity contribution in [2.24, 2.45) is 5.92 Å². The highest BCUT2D eigenvalue weighted by molar-refractivity contribution is 5.76. The lowest BCUT2D eigenvalue weighted by atomic mass is 10.1. The van der Waals surface area contributed by atoms with Crippen molar-refractivity contribution < 1.29 is 4.79 Å². The van der Waals surface area contributed by atoms with Crippen molar-refractivity contribution in [1.82, 2.24) is 15.2 Å². The predicted octanol–water partition coefficient (Wildman–Crippen LogP) is 2.15. The first-order valence-corrected chi connectivity index (χ1v) is 7.18. The van der Waals surface area contributed by atoms with Gasteiger partial charge in [-0.3, -0.25) is 4.79 Å². The van der Waals surface area contributed by atoms with E-state index in [0.29, 0.717) is 12.5 Å². The fraction of sp³-hybridized carbons (Fsp3) is 0.667. The first-order valence-electron chi connectivity index (χ1n) is 7.18. The fourth-order valence-electron chi connectivity index (χ4n) is 1.78. The molecule has 0 saturated carbocycles. The Morgan fingerprint density at radius 1 is 1.37 bits per heavy atom. The van der Waals surface area contributed by atoms with Gasteiger partial charge in [-0.05, 0) is 37.9 Å². The summed E-state index contributed by atoms with van der Waals surface area (Å²) in [6, 6.07) is 4.26. The smallest absolute Gasteiger partial charge is 0.240 e.